The molecule has 0 radical (unpaired) electrons. The number of likely N-dealkylation sites (tertiary alicyclic amines) is 1. The molecule has 2 atom stereocenters. The van der Waals surface area contributed by atoms with Gasteiger partial charge in [0.05, 0.1) is 6.54 Å². The molecule has 1 saturated carbocycles. The molecule has 2 unspecified atom stereocenters. The second-order valence-corrected chi connectivity index (χ2v) is 6.82. The van der Waals surface area contributed by atoms with Crippen molar-refractivity contribution in [2.75, 3.05) is 26.2 Å². The lowest BCUT2D eigenvalue weighted by Gasteiger charge is -2.30. The molecule has 20 heavy (non-hydrogen) atoms. The summed E-state index contributed by atoms with van der Waals surface area (Å²) in [5.74, 6) is 4.72. The van der Waals surface area contributed by atoms with Crippen LogP contribution in [0, 0.1) is 11.8 Å². The second-order valence-electron chi connectivity index (χ2n) is 6.82. The molecular weight excluding hydrogens is 248 g/mol. The van der Waals surface area contributed by atoms with Gasteiger partial charge in [0.1, 0.15) is 11.5 Å². The van der Waals surface area contributed by atoms with Crippen LogP contribution in [0.5, 0.6) is 0 Å². The number of nitrogens with one attached hydrogen (secondary N) is 1. The maximum atomic E-state index is 5.91. The summed E-state index contributed by atoms with van der Waals surface area (Å²) < 4.78 is 5.91. The number of furan rings is 1. The summed E-state index contributed by atoms with van der Waals surface area (Å²) in [4.78, 5) is 2.58. The summed E-state index contributed by atoms with van der Waals surface area (Å²) in [7, 11) is 0. The first-order valence-electron chi connectivity index (χ1n) is 8.24. The zero-order chi connectivity index (χ0) is 13.9. The van der Waals surface area contributed by atoms with Crippen molar-refractivity contribution in [3.8, 4) is 0 Å². The second kappa shape index (κ2) is 6.31. The van der Waals surface area contributed by atoms with Crippen LogP contribution in [-0.2, 0) is 6.54 Å². The van der Waals surface area contributed by atoms with Crippen molar-refractivity contribution in [1.29, 1.82) is 0 Å². The fraction of sp³-hybridized carbons (Fsp3) is 0.765. The Balaban J connectivity index is 1.32. The SMILES string of the molecule is CC1CCN(CCNCc2ccc(C3CC3C)o2)CC1. The van der Waals surface area contributed by atoms with Crippen molar-refractivity contribution in [3.05, 3.63) is 23.7 Å². The van der Waals surface area contributed by atoms with Crippen LogP contribution in [0.3, 0.4) is 0 Å². The Morgan fingerprint density at radius 3 is 2.70 bits per heavy atom. The number of piperidine rings is 1. The fourth-order valence-electron chi connectivity index (χ4n) is 3.14. The first-order valence-corrected chi connectivity index (χ1v) is 8.24. The van der Waals surface area contributed by atoms with Crippen molar-refractivity contribution < 1.29 is 4.42 Å². The molecular formula is C17H28N2O. The van der Waals surface area contributed by atoms with E-state index in [0.29, 0.717) is 5.92 Å². The molecule has 1 saturated heterocycles. The molecule has 1 N–H and O–H groups in total. The Bertz CT molecular complexity index is 420. The quantitative estimate of drug-likeness (QED) is 0.809. The topological polar surface area (TPSA) is 28.4 Å². The smallest absolute Gasteiger partial charge is 0.117 e. The first kappa shape index (κ1) is 14.2. The number of hydrogen-bond acceptors (Lipinski definition) is 3. The minimum absolute atomic E-state index is 0.694. The third kappa shape index (κ3) is 3.64. The van der Waals surface area contributed by atoms with Gasteiger partial charge in [-0.05, 0) is 56.3 Å². The van der Waals surface area contributed by atoms with Crippen molar-refractivity contribution >= 4 is 0 Å². The summed E-state index contributed by atoms with van der Waals surface area (Å²) in [5.41, 5.74) is 0. The highest BCUT2D eigenvalue weighted by Gasteiger charge is 2.36. The lowest BCUT2D eigenvalue weighted by molar-refractivity contribution is 0.192. The van der Waals surface area contributed by atoms with Crippen LogP contribution >= 0.6 is 0 Å². The van der Waals surface area contributed by atoms with Gasteiger partial charge in [0.25, 0.3) is 0 Å². The van der Waals surface area contributed by atoms with Gasteiger partial charge in [0, 0.05) is 19.0 Å². The fourth-order valence-corrected chi connectivity index (χ4v) is 3.14. The minimum atomic E-state index is 0.694. The lowest BCUT2D eigenvalue weighted by atomic mass is 9.99. The van der Waals surface area contributed by atoms with Crippen LogP contribution in [0.15, 0.2) is 16.5 Å². The van der Waals surface area contributed by atoms with Crippen LogP contribution in [0.4, 0.5) is 0 Å². The molecule has 1 aliphatic carbocycles. The highest BCUT2D eigenvalue weighted by molar-refractivity contribution is 5.17. The van der Waals surface area contributed by atoms with E-state index in [1.54, 1.807) is 0 Å². The highest BCUT2D eigenvalue weighted by atomic mass is 16.3. The predicted octanol–water partition coefficient (Wildman–Crippen LogP) is 3.22. The van der Waals surface area contributed by atoms with Gasteiger partial charge >= 0.3 is 0 Å². The van der Waals surface area contributed by atoms with E-state index in [4.69, 9.17) is 4.42 Å². The zero-order valence-corrected chi connectivity index (χ0v) is 12.9. The van der Waals surface area contributed by atoms with E-state index in [1.165, 1.54) is 44.7 Å². The molecule has 1 aliphatic heterocycles. The predicted molar refractivity (Wildman–Crippen MR) is 81.8 cm³/mol. The van der Waals surface area contributed by atoms with Gasteiger partial charge in [-0.1, -0.05) is 13.8 Å². The maximum Gasteiger partial charge on any atom is 0.117 e. The lowest BCUT2D eigenvalue weighted by Crippen LogP contribution is -2.37. The van der Waals surface area contributed by atoms with Gasteiger partial charge in [0.2, 0.25) is 0 Å². The molecule has 2 fully saturated rings. The van der Waals surface area contributed by atoms with Crippen LogP contribution in [0.25, 0.3) is 0 Å². The third-order valence-corrected chi connectivity index (χ3v) is 4.94. The molecule has 0 aromatic carbocycles. The van der Waals surface area contributed by atoms with Gasteiger partial charge in [-0.3, -0.25) is 0 Å². The molecule has 112 valence electrons. The van der Waals surface area contributed by atoms with Crippen LogP contribution < -0.4 is 5.32 Å². The molecule has 3 heteroatoms. The largest absolute Gasteiger partial charge is 0.464 e. The summed E-state index contributed by atoms with van der Waals surface area (Å²) in [5, 5.41) is 3.51. The Morgan fingerprint density at radius 1 is 1.25 bits per heavy atom. The van der Waals surface area contributed by atoms with E-state index in [-0.39, 0.29) is 0 Å². The molecule has 2 aliphatic rings. The Kier molecular flexibility index (Phi) is 4.47. The highest BCUT2D eigenvalue weighted by Crippen LogP contribution is 2.47. The maximum absolute atomic E-state index is 5.91. The minimum Gasteiger partial charge on any atom is -0.464 e. The van der Waals surface area contributed by atoms with E-state index in [2.05, 4.69) is 36.2 Å². The molecule has 0 spiro atoms. The molecule has 2 heterocycles. The van der Waals surface area contributed by atoms with Gasteiger partial charge in [-0.2, -0.15) is 0 Å². The normalized spacial score (nSPS) is 27.9. The molecule has 0 amide bonds. The molecule has 0 bridgehead atoms. The van der Waals surface area contributed by atoms with E-state index in [1.807, 2.05) is 0 Å². The van der Waals surface area contributed by atoms with E-state index in [9.17, 15) is 0 Å². The van der Waals surface area contributed by atoms with Crippen molar-refractivity contribution in [3.63, 3.8) is 0 Å². The molecule has 3 nitrogen and oxygen atoms in total. The van der Waals surface area contributed by atoms with Crippen molar-refractivity contribution in [2.45, 2.75) is 45.6 Å². The number of hydrogen-bond donors (Lipinski definition) is 1. The van der Waals surface area contributed by atoms with Crippen molar-refractivity contribution in [1.82, 2.24) is 10.2 Å². The Labute approximate surface area is 122 Å². The average Bonchev–Trinajstić information content (AvgIpc) is 3.00. The van der Waals surface area contributed by atoms with E-state index >= 15 is 0 Å². The summed E-state index contributed by atoms with van der Waals surface area (Å²) >= 11 is 0. The van der Waals surface area contributed by atoms with Gasteiger partial charge < -0.3 is 14.6 Å². The third-order valence-electron chi connectivity index (χ3n) is 4.94. The summed E-state index contributed by atoms with van der Waals surface area (Å²) in [6.45, 7) is 10.3. The zero-order valence-electron chi connectivity index (χ0n) is 12.9. The Morgan fingerprint density at radius 2 is 2.00 bits per heavy atom. The Hall–Kier alpha value is -0.800. The van der Waals surface area contributed by atoms with Gasteiger partial charge in [-0.25, -0.2) is 0 Å². The summed E-state index contributed by atoms with van der Waals surface area (Å²) in [6.07, 6.45) is 4.02. The monoisotopic (exact) mass is 276 g/mol. The van der Waals surface area contributed by atoms with Crippen molar-refractivity contribution in [2.24, 2.45) is 11.8 Å². The van der Waals surface area contributed by atoms with Crippen LogP contribution in [-0.4, -0.2) is 31.1 Å². The molecule has 3 rings (SSSR count). The van der Waals surface area contributed by atoms with Gasteiger partial charge in [0.15, 0.2) is 0 Å². The summed E-state index contributed by atoms with van der Waals surface area (Å²) in [6, 6.07) is 4.30. The van der Waals surface area contributed by atoms with Crippen LogP contribution in [0.1, 0.15) is 50.5 Å². The van der Waals surface area contributed by atoms with Crippen LogP contribution in [0.2, 0.25) is 0 Å². The van der Waals surface area contributed by atoms with E-state index in [0.717, 1.165) is 30.7 Å². The average molecular weight is 276 g/mol. The van der Waals surface area contributed by atoms with E-state index < -0.39 is 0 Å². The number of rotatable bonds is 6. The van der Waals surface area contributed by atoms with Gasteiger partial charge in [-0.15, -0.1) is 0 Å². The molecule has 1 aromatic heterocycles. The first-order chi connectivity index (χ1) is 9.72. The standard InChI is InChI=1S/C17H28N2O/c1-13-5-8-19(9-6-13)10-7-18-12-15-3-4-17(20-15)16-11-14(16)2/h3-4,13-14,16,18H,5-12H2,1-2H3. The number of nitrogens with zero attached hydrogens (tertiary/aromatic N) is 1. The molecule has 1 aromatic rings.